The Morgan fingerprint density at radius 1 is 1.41 bits per heavy atom. The molecule has 1 aromatic heterocycles. The van der Waals surface area contributed by atoms with Crippen molar-refractivity contribution >= 4 is 29.2 Å². The van der Waals surface area contributed by atoms with Gasteiger partial charge >= 0.3 is 5.97 Å². The van der Waals surface area contributed by atoms with E-state index in [4.69, 9.17) is 28.3 Å². The van der Waals surface area contributed by atoms with Crippen molar-refractivity contribution < 1.29 is 9.90 Å². The molecule has 1 heterocycles. The summed E-state index contributed by atoms with van der Waals surface area (Å²) in [6, 6.07) is 5.23. The number of benzene rings is 1. The maximum absolute atomic E-state index is 10.6. The van der Waals surface area contributed by atoms with Crippen LogP contribution in [0.1, 0.15) is 16.2 Å². The van der Waals surface area contributed by atoms with E-state index in [1.165, 1.54) is 11.0 Å². The van der Waals surface area contributed by atoms with E-state index < -0.39 is 5.97 Å². The second-order valence-corrected chi connectivity index (χ2v) is 4.07. The van der Waals surface area contributed by atoms with Crippen molar-refractivity contribution in [3.05, 3.63) is 46.0 Å². The third-order valence-corrected chi connectivity index (χ3v) is 2.95. The summed E-state index contributed by atoms with van der Waals surface area (Å²) in [4.78, 5) is 14.2. The van der Waals surface area contributed by atoms with Crippen LogP contribution in [-0.4, -0.2) is 25.8 Å². The molecule has 0 aliphatic heterocycles. The van der Waals surface area contributed by atoms with Gasteiger partial charge in [-0.15, -0.1) is 5.10 Å². The zero-order chi connectivity index (χ0) is 12.4. The summed E-state index contributed by atoms with van der Waals surface area (Å²) in [7, 11) is 0. The lowest BCUT2D eigenvalue weighted by Crippen LogP contribution is -2.04. The van der Waals surface area contributed by atoms with Crippen molar-refractivity contribution in [2.24, 2.45) is 0 Å². The normalized spacial score (nSPS) is 10.5. The zero-order valence-electron chi connectivity index (χ0n) is 8.47. The Hall–Kier alpha value is -1.59. The molecule has 2 aromatic rings. The van der Waals surface area contributed by atoms with Gasteiger partial charge in [-0.1, -0.05) is 35.3 Å². The number of aromatic nitrogens is 3. The first-order chi connectivity index (χ1) is 8.08. The molecule has 0 spiro atoms. The van der Waals surface area contributed by atoms with Gasteiger partial charge in [0.25, 0.3) is 5.82 Å². The molecule has 1 aromatic carbocycles. The lowest BCUT2D eigenvalue weighted by molar-refractivity contribution is 0.0683. The van der Waals surface area contributed by atoms with Gasteiger partial charge in [-0.2, -0.15) is 0 Å². The van der Waals surface area contributed by atoms with E-state index in [1.54, 1.807) is 18.2 Å². The molecule has 0 radical (unpaired) electrons. The number of hydrogen-bond acceptors (Lipinski definition) is 3. The number of carboxylic acids is 1. The summed E-state index contributed by atoms with van der Waals surface area (Å²) in [6.45, 7) is 0.319. The fourth-order valence-corrected chi connectivity index (χ4v) is 1.69. The summed E-state index contributed by atoms with van der Waals surface area (Å²) < 4.78 is 1.39. The van der Waals surface area contributed by atoms with Gasteiger partial charge < -0.3 is 5.11 Å². The predicted octanol–water partition coefficient (Wildman–Crippen LogP) is 2.33. The van der Waals surface area contributed by atoms with Gasteiger partial charge in [0.05, 0.1) is 16.6 Å². The van der Waals surface area contributed by atoms with Crippen molar-refractivity contribution in [1.29, 1.82) is 0 Å². The minimum Gasteiger partial charge on any atom is -0.475 e. The maximum Gasteiger partial charge on any atom is 0.375 e. The summed E-state index contributed by atoms with van der Waals surface area (Å²) in [5.41, 5.74) is 0.751. The Morgan fingerprint density at radius 2 is 2.18 bits per heavy atom. The Kier molecular flexibility index (Phi) is 3.31. The second kappa shape index (κ2) is 4.73. The van der Waals surface area contributed by atoms with Gasteiger partial charge in [-0.05, 0) is 11.6 Å². The quantitative estimate of drug-likeness (QED) is 0.931. The highest BCUT2D eigenvalue weighted by Gasteiger charge is 2.10. The van der Waals surface area contributed by atoms with Gasteiger partial charge in [0.15, 0.2) is 0 Å². The molecule has 0 amide bonds. The maximum atomic E-state index is 10.6. The monoisotopic (exact) mass is 271 g/mol. The van der Waals surface area contributed by atoms with Crippen LogP contribution in [-0.2, 0) is 6.54 Å². The largest absolute Gasteiger partial charge is 0.475 e. The van der Waals surface area contributed by atoms with Crippen molar-refractivity contribution in [3.8, 4) is 0 Å². The van der Waals surface area contributed by atoms with E-state index in [-0.39, 0.29) is 5.82 Å². The van der Waals surface area contributed by atoms with Crippen LogP contribution in [0.25, 0.3) is 0 Å². The molecule has 17 heavy (non-hydrogen) atoms. The molecule has 0 unspecified atom stereocenters. The third kappa shape index (κ3) is 2.57. The van der Waals surface area contributed by atoms with Crippen molar-refractivity contribution in [2.45, 2.75) is 6.54 Å². The minimum absolute atomic E-state index is 0.247. The highest BCUT2D eigenvalue weighted by Crippen LogP contribution is 2.25. The fraction of sp³-hybridized carbons (Fsp3) is 0.100. The van der Waals surface area contributed by atoms with Crippen LogP contribution in [0.2, 0.25) is 10.0 Å². The number of rotatable bonds is 3. The molecule has 0 bridgehead atoms. The van der Waals surface area contributed by atoms with Crippen LogP contribution in [0.3, 0.4) is 0 Å². The molecular weight excluding hydrogens is 265 g/mol. The molecule has 0 atom stereocenters. The van der Waals surface area contributed by atoms with Crippen LogP contribution >= 0.6 is 23.2 Å². The molecule has 2 rings (SSSR count). The molecule has 88 valence electrons. The summed E-state index contributed by atoms with van der Waals surface area (Å²) in [5, 5.41) is 13.3. The highest BCUT2D eigenvalue weighted by atomic mass is 35.5. The van der Waals surface area contributed by atoms with Crippen LogP contribution in [0.5, 0.6) is 0 Å². The van der Waals surface area contributed by atoms with Crippen molar-refractivity contribution in [1.82, 2.24) is 14.8 Å². The van der Waals surface area contributed by atoms with Crippen LogP contribution in [0.15, 0.2) is 24.5 Å². The van der Waals surface area contributed by atoms with E-state index >= 15 is 0 Å². The van der Waals surface area contributed by atoms with Crippen LogP contribution < -0.4 is 0 Å². The molecule has 0 saturated carbocycles. The number of nitrogens with zero attached hydrogens (tertiary/aromatic N) is 3. The second-order valence-electron chi connectivity index (χ2n) is 3.28. The smallest absolute Gasteiger partial charge is 0.375 e. The number of halogens is 2. The van der Waals surface area contributed by atoms with E-state index in [9.17, 15) is 4.79 Å². The predicted molar refractivity (Wildman–Crippen MR) is 62.5 cm³/mol. The standard InChI is InChI=1S/C10H7Cl2N3O2/c11-7-3-1-2-6(8(7)12)4-15-5-13-9(14-15)10(16)17/h1-3,5H,4H2,(H,16,17). The first-order valence-corrected chi connectivity index (χ1v) is 5.39. The molecule has 7 heteroatoms. The minimum atomic E-state index is -1.17. The van der Waals surface area contributed by atoms with Gasteiger partial charge in [0.1, 0.15) is 6.33 Å². The average molecular weight is 272 g/mol. The van der Waals surface area contributed by atoms with Crippen LogP contribution in [0, 0.1) is 0 Å². The first-order valence-electron chi connectivity index (χ1n) is 4.63. The Morgan fingerprint density at radius 3 is 2.82 bits per heavy atom. The van der Waals surface area contributed by atoms with Crippen molar-refractivity contribution in [2.75, 3.05) is 0 Å². The topological polar surface area (TPSA) is 68.0 Å². The molecule has 0 aliphatic carbocycles. The number of aromatic carboxylic acids is 1. The molecule has 0 saturated heterocycles. The van der Waals surface area contributed by atoms with E-state index in [0.717, 1.165) is 5.56 Å². The van der Waals surface area contributed by atoms with Gasteiger partial charge in [-0.3, -0.25) is 0 Å². The number of carbonyl (C=O) groups is 1. The summed E-state index contributed by atoms with van der Waals surface area (Å²) >= 11 is 11.9. The van der Waals surface area contributed by atoms with Gasteiger partial charge in [0, 0.05) is 0 Å². The number of hydrogen-bond donors (Lipinski definition) is 1. The van der Waals surface area contributed by atoms with Gasteiger partial charge in [0.2, 0.25) is 0 Å². The summed E-state index contributed by atoms with van der Waals surface area (Å²) in [5.74, 6) is -1.41. The third-order valence-electron chi connectivity index (χ3n) is 2.09. The highest BCUT2D eigenvalue weighted by molar-refractivity contribution is 6.42. The average Bonchev–Trinajstić information content (AvgIpc) is 2.73. The zero-order valence-corrected chi connectivity index (χ0v) is 9.98. The molecule has 5 nitrogen and oxygen atoms in total. The van der Waals surface area contributed by atoms with Crippen LogP contribution in [0.4, 0.5) is 0 Å². The Bertz CT molecular complexity index is 568. The molecule has 0 aliphatic rings. The molecular formula is C10H7Cl2N3O2. The Labute approximate surface area is 107 Å². The SMILES string of the molecule is O=C(O)c1ncn(Cc2cccc(Cl)c2Cl)n1. The van der Waals surface area contributed by atoms with E-state index in [2.05, 4.69) is 10.1 Å². The lowest BCUT2D eigenvalue weighted by Gasteiger charge is -2.04. The fourth-order valence-electron chi connectivity index (χ4n) is 1.31. The number of carboxylic acid groups (broad SMARTS) is 1. The van der Waals surface area contributed by atoms with E-state index in [1.807, 2.05) is 0 Å². The lowest BCUT2D eigenvalue weighted by atomic mass is 10.2. The first kappa shape index (κ1) is 11.9. The van der Waals surface area contributed by atoms with E-state index in [0.29, 0.717) is 16.6 Å². The Balaban J connectivity index is 2.25. The molecule has 0 fully saturated rings. The van der Waals surface area contributed by atoms with Gasteiger partial charge in [-0.25, -0.2) is 14.5 Å². The van der Waals surface area contributed by atoms with Crippen molar-refractivity contribution in [3.63, 3.8) is 0 Å². The summed E-state index contributed by atoms with van der Waals surface area (Å²) in [6.07, 6.45) is 1.33. The molecule has 1 N–H and O–H groups in total.